The Hall–Kier alpha value is -1.45. The van der Waals surface area contributed by atoms with Crippen molar-refractivity contribution in [2.24, 2.45) is 4.99 Å². The topological polar surface area (TPSA) is 21.6 Å². The number of aliphatic imine (C=N–C) groups is 1. The van der Waals surface area contributed by atoms with E-state index in [0.29, 0.717) is 6.54 Å². The molecule has 0 amide bonds. The van der Waals surface area contributed by atoms with E-state index < -0.39 is 0 Å². The number of methoxy groups -OCH3 is 1. The minimum atomic E-state index is 0.0310. The average Bonchev–Trinajstić information content (AvgIpc) is 2.81. The van der Waals surface area contributed by atoms with Crippen molar-refractivity contribution in [2.45, 2.75) is 13.0 Å². The molecule has 1 heterocycles. The van der Waals surface area contributed by atoms with Gasteiger partial charge in [-0.25, -0.2) is 0 Å². The quantitative estimate of drug-likeness (QED) is 0.747. The van der Waals surface area contributed by atoms with Crippen LogP contribution in [0.5, 0.6) is 0 Å². The molecule has 2 nitrogen and oxygen atoms in total. The van der Waals surface area contributed by atoms with Crippen LogP contribution in [0.4, 0.5) is 0 Å². The number of hydrogen-bond acceptors (Lipinski definition) is 3. The Kier molecular flexibility index (Phi) is 4.67. The Bertz CT molecular complexity index is 504. The molecule has 2 rings (SSSR count). The lowest BCUT2D eigenvalue weighted by Crippen LogP contribution is -2.05. The van der Waals surface area contributed by atoms with Crippen molar-refractivity contribution >= 4 is 17.6 Å². The van der Waals surface area contributed by atoms with Gasteiger partial charge in [-0.05, 0) is 24.6 Å². The lowest BCUT2D eigenvalue weighted by atomic mass is 10.1. The molecule has 0 fully saturated rings. The molecule has 1 atom stereocenters. The van der Waals surface area contributed by atoms with Gasteiger partial charge in [-0.15, -0.1) is 11.3 Å². The van der Waals surface area contributed by atoms with E-state index in [1.807, 2.05) is 24.4 Å². The van der Waals surface area contributed by atoms with E-state index in [0.717, 1.165) is 0 Å². The van der Waals surface area contributed by atoms with Gasteiger partial charge < -0.3 is 4.74 Å². The maximum Gasteiger partial charge on any atom is 0.102 e. The lowest BCUT2D eigenvalue weighted by Gasteiger charge is -2.12. The van der Waals surface area contributed by atoms with Gasteiger partial charge in [-0.3, -0.25) is 4.99 Å². The van der Waals surface area contributed by atoms with E-state index in [1.165, 1.54) is 15.3 Å². The smallest absolute Gasteiger partial charge is 0.102 e. The predicted molar refractivity (Wildman–Crippen MR) is 77.7 cm³/mol. The summed E-state index contributed by atoms with van der Waals surface area (Å²) in [5.74, 6) is 0. The van der Waals surface area contributed by atoms with Gasteiger partial charge in [-0.1, -0.05) is 30.3 Å². The van der Waals surface area contributed by atoms with Gasteiger partial charge in [0.2, 0.25) is 0 Å². The third-order valence-electron chi connectivity index (χ3n) is 2.71. The molecule has 1 unspecified atom stereocenters. The summed E-state index contributed by atoms with van der Waals surface area (Å²) in [6.45, 7) is 2.75. The fourth-order valence-corrected chi connectivity index (χ4v) is 2.52. The number of thiophene rings is 1. The maximum atomic E-state index is 5.47. The van der Waals surface area contributed by atoms with E-state index >= 15 is 0 Å². The van der Waals surface area contributed by atoms with Gasteiger partial charge in [-0.2, -0.15) is 0 Å². The number of nitrogens with zero attached hydrogens (tertiary/aromatic N) is 1. The first kappa shape index (κ1) is 13.0. The van der Waals surface area contributed by atoms with Gasteiger partial charge >= 0.3 is 0 Å². The van der Waals surface area contributed by atoms with Crippen LogP contribution in [0.1, 0.15) is 21.4 Å². The molecule has 18 heavy (non-hydrogen) atoms. The maximum absolute atomic E-state index is 5.47. The first-order valence-corrected chi connectivity index (χ1v) is 6.75. The van der Waals surface area contributed by atoms with Crippen LogP contribution in [0.2, 0.25) is 0 Å². The first-order valence-electron chi connectivity index (χ1n) is 5.93. The SMILES string of the molecule is COC(CN=Cc1ccc(C)s1)c1ccccc1. The summed E-state index contributed by atoms with van der Waals surface area (Å²) in [6, 6.07) is 14.4. The summed E-state index contributed by atoms with van der Waals surface area (Å²) in [5, 5.41) is 0. The fourth-order valence-electron chi connectivity index (χ4n) is 1.74. The van der Waals surface area contributed by atoms with E-state index in [2.05, 4.69) is 36.2 Å². The standard InChI is InChI=1S/C15H17NOS/c1-12-8-9-14(18-12)10-16-11-15(17-2)13-6-4-3-5-7-13/h3-10,15H,11H2,1-2H3. The Labute approximate surface area is 112 Å². The van der Waals surface area contributed by atoms with Gasteiger partial charge in [0.05, 0.1) is 6.54 Å². The van der Waals surface area contributed by atoms with Crippen molar-refractivity contribution in [1.82, 2.24) is 0 Å². The third-order valence-corrected chi connectivity index (χ3v) is 3.64. The van der Waals surface area contributed by atoms with Crippen LogP contribution in [0.15, 0.2) is 47.5 Å². The second kappa shape index (κ2) is 6.47. The van der Waals surface area contributed by atoms with Crippen LogP contribution in [-0.4, -0.2) is 19.9 Å². The van der Waals surface area contributed by atoms with Gasteiger partial charge in [0.25, 0.3) is 0 Å². The zero-order chi connectivity index (χ0) is 12.8. The molecule has 0 bridgehead atoms. The summed E-state index contributed by atoms with van der Waals surface area (Å²) >= 11 is 1.75. The second-order valence-electron chi connectivity index (χ2n) is 4.08. The highest BCUT2D eigenvalue weighted by atomic mass is 32.1. The fraction of sp³-hybridized carbons (Fsp3) is 0.267. The van der Waals surface area contributed by atoms with E-state index in [1.54, 1.807) is 18.4 Å². The van der Waals surface area contributed by atoms with Crippen molar-refractivity contribution < 1.29 is 4.74 Å². The van der Waals surface area contributed by atoms with Crippen molar-refractivity contribution in [3.63, 3.8) is 0 Å². The third kappa shape index (κ3) is 3.52. The van der Waals surface area contributed by atoms with Crippen LogP contribution in [-0.2, 0) is 4.74 Å². The summed E-state index contributed by atoms with van der Waals surface area (Å²) in [6.07, 6.45) is 1.95. The molecule has 94 valence electrons. The minimum absolute atomic E-state index is 0.0310. The first-order chi connectivity index (χ1) is 8.79. The average molecular weight is 259 g/mol. The molecule has 0 saturated heterocycles. The number of benzene rings is 1. The number of ether oxygens (including phenoxy) is 1. The molecule has 0 aliphatic rings. The number of rotatable bonds is 5. The molecule has 1 aromatic heterocycles. The molecule has 0 spiro atoms. The normalized spacial score (nSPS) is 13.0. The zero-order valence-electron chi connectivity index (χ0n) is 10.7. The van der Waals surface area contributed by atoms with Gasteiger partial charge in [0, 0.05) is 23.1 Å². The summed E-state index contributed by atoms with van der Waals surface area (Å²) in [5.41, 5.74) is 1.17. The Morgan fingerprint density at radius 3 is 2.61 bits per heavy atom. The van der Waals surface area contributed by atoms with E-state index in [9.17, 15) is 0 Å². The summed E-state index contributed by atoms with van der Waals surface area (Å²) in [7, 11) is 1.72. The molecule has 3 heteroatoms. The highest BCUT2D eigenvalue weighted by molar-refractivity contribution is 7.13. The minimum Gasteiger partial charge on any atom is -0.375 e. The van der Waals surface area contributed by atoms with Gasteiger partial charge in [0.15, 0.2) is 0 Å². The summed E-state index contributed by atoms with van der Waals surface area (Å²) < 4.78 is 5.47. The molecule has 0 saturated carbocycles. The van der Waals surface area contributed by atoms with E-state index in [4.69, 9.17) is 4.74 Å². The van der Waals surface area contributed by atoms with Crippen molar-refractivity contribution in [2.75, 3.05) is 13.7 Å². The zero-order valence-corrected chi connectivity index (χ0v) is 11.5. The van der Waals surface area contributed by atoms with Crippen molar-refractivity contribution in [3.05, 3.63) is 57.8 Å². The second-order valence-corrected chi connectivity index (χ2v) is 5.40. The molecule has 1 aromatic carbocycles. The van der Waals surface area contributed by atoms with Gasteiger partial charge in [0.1, 0.15) is 6.10 Å². The molecule has 0 radical (unpaired) electrons. The van der Waals surface area contributed by atoms with Crippen molar-refractivity contribution in [1.29, 1.82) is 0 Å². The van der Waals surface area contributed by atoms with Crippen LogP contribution >= 0.6 is 11.3 Å². The highest BCUT2D eigenvalue weighted by Gasteiger charge is 2.07. The van der Waals surface area contributed by atoms with E-state index in [-0.39, 0.29) is 6.10 Å². The largest absolute Gasteiger partial charge is 0.375 e. The molecule has 0 aliphatic heterocycles. The Balaban J connectivity index is 1.97. The van der Waals surface area contributed by atoms with Crippen LogP contribution in [0.3, 0.4) is 0 Å². The molecular weight excluding hydrogens is 242 g/mol. The summed E-state index contributed by atoms with van der Waals surface area (Å²) in [4.78, 5) is 6.96. The lowest BCUT2D eigenvalue weighted by molar-refractivity contribution is 0.111. The monoisotopic (exact) mass is 259 g/mol. The Morgan fingerprint density at radius 1 is 1.22 bits per heavy atom. The van der Waals surface area contributed by atoms with Crippen LogP contribution in [0.25, 0.3) is 0 Å². The molecule has 0 N–H and O–H groups in total. The predicted octanol–water partition coefficient (Wildman–Crippen LogP) is 3.86. The number of hydrogen-bond donors (Lipinski definition) is 0. The molecule has 0 aliphatic carbocycles. The number of aryl methyl sites for hydroxylation is 1. The Morgan fingerprint density at radius 2 is 2.00 bits per heavy atom. The molecule has 2 aromatic rings. The highest BCUT2D eigenvalue weighted by Crippen LogP contribution is 2.17. The van der Waals surface area contributed by atoms with Crippen LogP contribution in [0, 0.1) is 6.92 Å². The molecular formula is C15H17NOS. The van der Waals surface area contributed by atoms with Crippen LogP contribution < -0.4 is 0 Å². The van der Waals surface area contributed by atoms with Crippen molar-refractivity contribution in [3.8, 4) is 0 Å².